The molecule has 0 fully saturated rings. The molecule has 3 nitrogen and oxygen atoms in total. The minimum atomic E-state index is 0.834. The molecule has 1 aliphatic rings. The molecule has 0 amide bonds. The van der Waals surface area contributed by atoms with Crippen LogP contribution in [0.15, 0.2) is 6.20 Å². The predicted molar refractivity (Wildman–Crippen MR) is 53.0 cm³/mol. The molecule has 1 heterocycles. The standard InChI is InChI=1S/C10H15N3/c1-13(2)10-11-7-8-5-3-4-6-9(8)12-10/h7H,3-6H2,1-2H3. The van der Waals surface area contributed by atoms with Gasteiger partial charge in [-0.05, 0) is 31.2 Å². The third-order valence-electron chi connectivity index (χ3n) is 2.45. The Kier molecular flexibility index (Phi) is 2.17. The number of aryl methyl sites for hydroxylation is 2. The van der Waals surface area contributed by atoms with E-state index in [0.717, 1.165) is 18.8 Å². The second-order valence-corrected chi connectivity index (χ2v) is 3.74. The third kappa shape index (κ3) is 1.64. The van der Waals surface area contributed by atoms with E-state index in [1.165, 1.54) is 24.1 Å². The van der Waals surface area contributed by atoms with Crippen LogP contribution < -0.4 is 4.90 Å². The first-order valence-corrected chi connectivity index (χ1v) is 4.79. The average Bonchev–Trinajstić information content (AvgIpc) is 2.17. The predicted octanol–water partition coefficient (Wildman–Crippen LogP) is 1.42. The monoisotopic (exact) mass is 177 g/mol. The average molecular weight is 177 g/mol. The van der Waals surface area contributed by atoms with Gasteiger partial charge in [-0.25, -0.2) is 9.97 Å². The highest BCUT2D eigenvalue weighted by atomic mass is 15.2. The van der Waals surface area contributed by atoms with Gasteiger partial charge in [0.25, 0.3) is 0 Å². The Morgan fingerprint density at radius 1 is 1.23 bits per heavy atom. The Balaban J connectivity index is 2.35. The van der Waals surface area contributed by atoms with Crippen LogP contribution >= 0.6 is 0 Å². The molecule has 0 spiro atoms. The highest BCUT2D eigenvalue weighted by Crippen LogP contribution is 2.19. The van der Waals surface area contributed by atoms with Crippen molar-refractivity contribution >= 4 is 5.95 Å². The van der Waals surface area contributed by atoms with Crippen molar-refractivity contribution in [1.82, 2.24) is 9.97 Å². The molecule has 2 rings (SSSR count). The van der Waals surface area contributed by atoms with E-state index in [-0.39, 0.29) is 0 Å². The van der Waals surface area contributed by atoms with Crippen LogP contribution in [0.4, 0.5) is 5.95 Å². The maximum Gasteiger partial charge on any atom is 0.224 e. The number of fused-ring (bicyclic) bond motifs is 1. The summed E-state index contributed by atoms with van der Waals surface area (Å²) in [6.07, 6.45) is 6.83. The Morgan fingerprint density at radius 2 is 2.00 bits per heavy atom. The molecule has 0 N–H and O–H groups in total. The van der Waals surface area contributed by atoms with E-state index in [1.807, 2.05) is 25.2 Å². The van der Waals surface area contributed by atoms with Gasteiger partial charge in [0.2, 0.25) is 5.95 Å². The summed E-state index contributed by atoms with van der Waals surface area (Å²) in [4.78, 5) is 10.8. The fourth-order valence-electron chi connectivity index (χ4n) is 1.68. The van der Waals surface area contributed by atoms with Gasteiger partial charge in [0.15, 0.2) is 0 Å². The maximum atomic E-state index is 4.53. The Labute approximate surface area is 78.8 Å². The number of hydrogen-bond acceptors (Lipinski definition) is 3. The molecule has 70 valence electrons. The molecule has 0 saturated carbocycles. The molecule has 0 aliphatic heterocycles. The van der Waals surface area contributed by atoms with Crippen LogP contribution in [0.1, 0.15) is 24.1 Å². The number of nitrogens with zero attached hydrogens (tertiary/aromatic N) is 3. The quantitative estimate of drug-likeness (QED) is 0.649. The van der Waals surface area contributed by atoms with Gasteiger partial charge in [0.1, 0.15) is 0 Å². The summed E-state index contributed by atoms with van der Waals surface area (Å²) >= 11 is 0. The summed E-state index contributed by atoms with van der Waals surface area (Å²) in [5.41, 5.74) is 2.60. The molecule has 0 bridgehead atoms. The highest BCUT2D eigenvalue weighted by Gasteiger charge is 2.12. The van der Waals surface area contributed by atoms with E-state index >= 15 is 0 Å². The molecule has 0 saturated heterocycles. The lowest BCUT2D eigenvalue weighted by atomic mass is 9.98. The second-order valence-electron chi connectivity index (χ2n) is 3.74. The molecule has 1 aliphatic carbocycles. The van der Waals surface area contributed by atoms with Gasteiger partial charge in [-0.3, -0.25) is 0 Å². The van der Waals surface area contributed by atoms with E-state index in [0.29, 0.717) is 0 Å². The van der Waals surface area contributed by atoms with Crippen LogP contribution in [0.25, 0.3) is 0 Å². The summed E-state index contributed by atoms with van der Waals surface area (Å²) in [5.74, 6) is 0.834. The summed E-state index contributed by atoms with van der Waals surface area (Å²) in [5, 5.41) is 0. The maximum absolute atomic E-state index is 4.53. The highest BCUT2D eigenvalue weighted by molar-refractivity contribution is 5.32. The Morgan fingerprint density at radius 3 is 2.77 bits per heavy atom. The lowest BCUT2D eigenvalue weighted by Gasteiger charge is -2.17. The zero-order valence-electron chi connectivity index (χ0n) is 8.25. The van der Waals surface area contributed by atoms with E-state index in [4.69, 9.17) is 0 Å². The topological polar surface area (TPSA) is 29.0 Å². The molecule has 13 heavy (non-hydrogen) atoms. The molecule has 0 atom stereocenters. The first-order valence-electron chi connectivity index (χ1n) is 4.79. The van der Waals surface area contributed by atoms with Gasteiger partial charge in [-0.1, -0.05) is 0 Å². The van der Waals surface area contributed by atoms with Crippen LogP contribution in [-0.2, 0) is 12.8 Å². The SMILES string of the molecule is CN(C)c1ncc2c(n1)CCCC2. The van der Waals surface area contributed by atoms with Crippen LogP contribution in [0, 0.1) is 0 Å². The number of aromatic nitrogens is 2. The Bertz CT molecular complexity index is 307. The first-order chi connectivity index (χ1) is 6.27. The molecule has 0 aromatic carbocycles. The van der Waals surface area contributed by atoms with E-state index in [9.17, 15) is 0 Å². The van der Waals surface area contributed by atoms with Gasteiger partial charge in [0, 0.05) is 26.0 Å². The molecule has 1 aromatic heterocycles. The minimum Gasteiger partial charge on any atom is -0.347 e. The van der Waals surface area contributed by atoms with E-state index in [1.54, 1.807) is 0 Å². The zero-order chi connectivity index (χ0) is 9.26. The number of anilines is 1. The fraction of sp³-hybridized carbons (Fsp3) is 0.600. The van der Waals surface area contributed by atoms with Crippen molar-refractivity contribution in [2.45, 2.75) is 25.7 Å². The second kappa shape index (κ2) is 3.32. The number of rotatable bonds is 1. The van der Waals surface area contributed by atoms with Gasteiger partial charge < -0.3 is 4.90 Å². The zero-order valence-corrected chi connectivity index (χ0v) is 8.25. The van der Waals surface area contributed by atoms with Crippen molar-refractivity contribution < 1.29 is 0 Å². The molecular weight excluding hydrogens is 162 g/mol. The summed E-state index contributed by atoms with van der Waals surface area (Å²) < 4.78 is 0. The van der Waals surface area contributed by atoms with Crippen LogP contribution in [0.2, 0.25) is 0 Å². The van der Waals surface area contributed by atoms with Gasteiger partial charge >= 0.3 is 0 Å². The minimum absolute atomic E-state index is 0.834. The van der Waals surface area contributed by atoms with Crippen molar-refractivity contribution in [3.8, 4) is 0 Å². The Hall–Kier alpha value is -1.12. The normalized spacial score (nSPS) is 15.2. The van der Waals surface area contributed by atoms with Crippen molar-refractivity contribution in [2.24, 2.45) is 0 Å². The molecule has 0 unspecified atom stereocenters. The fourth-order valence-corrected chi connectivity index (χ4v) is 1.68. The van der Waals surface area contributed by atoms with Crippen molar-refractivity contribution in [2.75, 3.05) is 19.0 Å². The lowest BCUT2D eigenvalue weighted by Crippen LogP contribution is -2.16. The van der Waals surface area contributed by atoms with Gasteiger partial charge in [-0.2, -0.15) is 0 Å². The smallest absolute Gasteiger partial charge is 0.224 e. The first kappa shape index (κ1) is 8.48. The molecule has 1 aromatic rings. The van der Waals surface area contributed by atoms with E-state index < -0.39 is 0 Å². The van der Waals surface area contributed by atoms with Crippen LogP contribution in [0.3, 0.4) is 0 Å². The summed E-state index contributed by atoms with van der Waals surface area (Å²) in [6.45, 7) is 0. The van der Waals surface area contributed by atoms with Gasteiger partial charge in [0.05, 0.1) is 0 Å². The molecule has 0 radical (unpaired) electrons. The summed E-state index contributed by atoms with van der Waals surface area (Å²) in [6, 6.07) is 0. The van der Waals surface area contributed by atoms with Crippen molar-refractivity contribution in [3.05, 3.63) is 17.5 Å². The largest absolute Gasteiger partial charge is 0.347 e. The van der Waals surface area contributed by atoms with Crippen LogP contribution in [0.5, 0.6) is 0 Å². The number of hydrogen-bond donors (Lipinski definition) is 0. The van der Waals surface area contributed by atoms with Crippen LogP contribution in [-0.4, -0.2) is 24.1 Å². The van der Waals surface area contributed by atoms with E-state index in [2.05, 4.69) is 9.97 Å². The van der Waals surface area contributed by atoms with Crippen molar-refractivity contribution in [3.63, 3.8) is 0 Å². The molecule has 3 heteroatoms. The molecular formula is C10H15N3. The lowest BCUT2D eigenvalue weighted by molar-refractivity contribution is 0.661. The van der Waals surface area contributed by atoms with Crippen molar-refractivity contribution in [1.29, 1.82) is 0 Å². The third-order valence-corrected chi connectivity index (χ3v) is 2.45. The van der Waals surface area contributed by atoms with Gasteiger partial charge in [-0.15, -0.1) is 0 Å². The summed E-state index contributed by atoms with van der Waals surface area (Å²) in [7, 11) is 3.95.